The highest BCUT2D eigenvalue weighted by atomic mass is 79.9. The Bertz CT molecular complexity index is 1480. The van der Waals surface area contributed by atoms with E-state index in [1.807, 2.05) is 0 Å². The molecule has 0 aliphatic carbocycles. The Balaban J connectivity index is 1.86. The van der Waals surface area contributed by atoms with E-state index < -0.39 is 46.2 Å². The molecule has 1 heterocycles. The van der Waals surface area contributed by atoms with Gasteiger partial charge in [0.05, 0.1) is 16.1 Å². The molecule has 37 heavy (non-hydrogen) atoms. The first-order valence-electron chi connectivity index (χ1n) is 10.0. The number of amides is 3. The maximum Gasteiger partial charge on any atom is 0.282 e. The average molecular weight is 779 g/mol. The Labute approximate surface area is 247 Å². The molecule has 0 radical (unpaired) electrons. The number of ketones is 1. The SMILES string of the molecule is O=C(CN(C(=O)c1ccccc1[N+](=O)[O-])N1C(=O)c2c(Br)c(Br)c(Br)c(Br)c2C1=O)c1ccc(Cl)cc1. The number of carbonyl (C=O) groups excluding carboxylic acids is 4. The molecule has 0 saturated carbocycles. The van der Waals surface area contributed by atoms with Crippen LogP contribution in [-0.2, 0) is 0 Å². The zero-order chi connectivity index (χ0) is 27.2. The van der Waals surface area contributed by atoms with Gasteiger partial charge in [-0.05, 0) is 94.1 Å². The molecule has 188 valence electrons. The summed E-state index contributed by atoms with van der Waals surface area (Å²) in [7, 11) is 0. The first-order chi connectivity index (χ1) is 17.5. The standard InChI is InChI=1S/C23H10Br4ClN3O6/c24-17-15-16(18(25)20(27)19(17)26)23(35)30(22(15)34)29(9-14(32)10-5-7-11(28)8-6-10)21(33)12-3-1-2-4-13(12)31(36)37/h1-8H,9H2. The maximum atomic E-state index is 13.7. The van der Waals surface area contributed by atoms with Crippen LogP contribution in [0.3, 0.4) is 0 Å². The van der Waals surface area contributed by atoms with Gasteiger partial charge in [-0.3, -0.25) is 29.3 Å². The molecular weight excluding hydrogens is 769 g/mol. The number of Topliss-reactive ketones (excluding diaryl/α,β-unsaturated/α-hetero) is 1. The molecule has 1 aliphatic heterocycles. The minimum Gasteiger partial charge on any atom is -0.292 e. The molecule has 0 fully saturated rings. The number of carbonyl (C=O) groups is 4. The van der Waals surface area contributed by atoms with Gasteiger partial charge in [-0.25, -0.2) is 5.01 Å². The quantitative estimate of drug-likeness (QED) is 0.0676. The highest BCUT2D eigenvalue weighted by Gasteiger charge is 2.46. The third kappa shape index (κ3) is 4.90. The van der Waals surface area contributed by atoms with E-state index in [1.54, 1.807) is 0 Å². The lowest BCUT2D eigenvalue weighted by Crippen LogP contribution is -2.51. The lowest BCUT2D eigenvalue weighted by molar-refractivity contribution is -0.385. The van der Waals surface area contributed by atoms with Crippen molar-refractivity contribution in [2.75, 3.05) is 6.54 Å². The molecule has 4 rings (SSSR count). The molecular formula is C23H10Br4ClN3O6. The van der Waals surface area contributed by atoms with Crippen LogP contribution in [0, 0.1) is 10.1 Å². The first-order valence-corrected chi connectivity index (χ1v) is 13.6. The van der Waals surface area contributed by atoms with Gasteiger partial charge in [0.2, 0.25) is 0 Å². The van der Waals surface area contributed by atoms with E-state index in [2.05, 4.69) is 63.7 Å². The number of para-hydroxylation sites is 1. The summed E-state index contributed by atoms with van der Waals surface area (Å²) in [5, 5.41) is 13.1. The predicted octanol–water partition coefficient (Wildman–Crippen LogP) is 6.83. The van der Waals surface area contributed by atoms with Crippen LogP contribution >= 0.6 is 75.3 Å². The van der Waals surface area contributed by atoms with Crippen LogP contribution in [-0.4, -0.2) is 45.0 Å². The highest BCUT2D eigenvalue weighted by Crippen LogP contribution is 2.45. The van der Waals surface area contributed by atoms with E-state index in [9.17, 15) is 29.3 Å². The number of halogens is 5. The molecule has 0 N–H and O–H groups in total. The van der Waals surface area contributed by atoms with Crippen LogP contribution in [0.4, 0.5) is 5.69 Å². The molecule has 3 aromatic rings. The Morgan fingerprint density at radius 2 is 1.38 bits per heavy atom. The van der Waals surface area contributed by atoms with Crippen LogP contribution in [0.15, 0.2) is 66.4 Å². The molecule has 14 heteroatoms. The van der Waals surface area contributed by atoms with E-state index in [-0.39, 0.29) is 25.6 Å². The van der Waals surface area contributed by atoms with Crippen molar-refractivity contribution in [1.82, 2.24) is 10.0 Å². The third-order valence-electron chi connectivity index (χ3n) is 5.35. The number of hydrazine groups is 1. The highest BCUT2D eigenvalue weighted by molar-refractivity contribution is 9.15. The second-order valence-electron chi connectivity index (χ2n) is 7.50. The van der Waals surface area contributed by atoms with Gasteiger partial charge in [-0.2, -0.15) is 5.01 Å². The lowest BCUT2D eigenvalue weighted by atomic mass is 10.1. The summed E-state index contributed by atoms with van der Waals surface area (Å²) in [6.45, 7) is -0.768. The van der Waals surface area contributed by atoms with Crippen molar-refractivity contribution < 1.29 is 24.1 Å². The van der Waals surface area contributed by atoms with Gasteiger partial charge >= 0.3 is 0 Å². The van der Waals surface area contributed by atoms with Crippen LogP contribution < -0.4 is 0 Å². The van der Waals surface area contributed by atoms with Crippen LogP contribution in [0.5, 0.6) is 0 Å². The van der Waals surface area contributed by atoms with Gasteiger partial charge in [0.15, 0.2) is 5.78 Å². The zero-order valence-electron chi connectivity index (χ0n) is 18.0. The molecule has 9 nitrogen and oxygen atoms in total. The average Bonchev–Trinajstić information content (AvgIpc) is 3.14. The molecule has 0 saturated heterocycles. The van der Waals surface area contributed by atoms with Gasteiger partial charge < -0.3 is 0 Å². The second-order valence-corrected chi connectivity index (χ2v) is 11.1. The molecule has 3 amide bonds. The van der Waals surface area contributed by atoms with Gasteiger partial charge in [0.25, 0.3) is 23.4 Å². The normalized spacial score (nSPS) is 12.5. The van der Waals surface area contributed by atoms with Crippen molar-refractivity contribution in [3.63, 3.8) is 0 Å². The molecule has 0 unspecified atom stereocenters. The summed E-state index contributed by atoms with van der Waals surface area (Å²) in [6.07, 6.45) is 0. The van der Waals surface area contributed by atoms with Gasteiger partial charge in [0, 0.05) is 34.5 Å². The van der Waals surface area contributed by atoms with Gasteiger partial charge in [-0.15, -0.1) is 0 Å². The van der Waals surface area contributed by atoms with Crippen LogP contribution in [0.1, 0.15) is 41.4 Å². The van der Waals surface area contributed by atoms with E-state index >= 15 is 0 Å². The maximum absolute atomic E-state index is 13.7. The molecule has 0 spiro atoms. The number of rotatable bonds is 6. The van der Waals surface area contributed by atoms with Crippen molar-refractivity contribution >= 4 is 105 Å². The number of imide groups is 1. The lowest BCUT2D eigenvalue weighted by Gasteiger charge is -2.29. The fourth-order valence-corrected chi connectivity index (χ4v) is 6.19. The monoisotopic (exact) mass is 775 g/mol. The smallest absolute Gasteiger partial charge is 0.282 e. The summed E-state index contributed by atoms with van der Waals surface area (Å²) >= 11 is 19.1. The van der Waals surface area contributed by atoms with Crippen molar-refractivity contribution in [3.05, 3.63) is 104 Å². The number of hydrogen-bond acceptors (Lipinski definition) is 6. The van der Waals surface area contributed by atoms with E-state index in [4.69, 9.17) is 11.6 Å². The Morgan fingerprint density at radius 1 is 0.865 bits per heavy atom. The minimum absolute atomic E-state index is 0.0637. The summed E-state index contributed by atoms with van der Waals surface area (Å²) in [5.74, 6) is -3.54. The third-order valence-corrected chi connectivity index (χ3v) is 10.4. The predicted molar refractivity (Wildman–Crippen MR) is 148 cm³/mol. The largest absolute Gasteiger partial charge is 0.292 e. The van der Waals surface area contributed by atoms with E-state index in [1.165, 1.54) is 42.5 Å². The second kappa shape index (κ2) is 10.7. The van der Waals surface area contributed by atoms with E-state index in [0.29, 0.717) is 24.0 Å². The summed E-state index contributed by atoms with van der Waals surface area (Å²) in [4.78, 5) is 64.8. The van der Waals surface area contributed by atoms with Crippen LogP contribution in [0.25, 0.3) is 0 Å². The van der Waals surface area contributed by atoms with Gasteiger partial charge in [0.1, 0.15) is 12.1 Å². The fraction of sp³-hybridized carbons (Fsp3) is 0.0435. The number of nitro groups is 1. The van der Waals surface area contributed by atoms with Gasteiger partial charge in [-0.1, -0.05) is 23.7 Å². The van der Waals surface area contributed by atoms with Crippen molar-refractivity contribution in [1.29, 1.82) is 0 Å². The number of benzene rings is 3. The van der Waals surface area contributed by atoms with Crippen LogP contribution in [0.2, 0.25) is 5.02 Å². The van der Waals surface area contributed by atoms with E-state index in [0.717, 1.165) is 6.07 Å². The topological polar surface area (TPSA) is 118 Å². The van der Waals surface area contributed by atoms with Crippen molar-refractivity contribution in [2.24, 2.45) is 0 Å². The summed E-state index contributed by atoms with van der Waals surface area (Å²) in [5.41, 5.74) is -0.943. The molecule has 0 aromatic heterocycles. The van der Waals surface area contributed by atoms with Crippen molar-refractivity contribution in [3.8, 4) is 0 Å². The number of nitrogens with zero attached hydrogens (tertiary/aromatic N) is 3. The number of nitro benzene ring substituents is 1. The molecule has 3 aromatic carbocycles. The Morgan fingerprint density at radius 3 is 1.89 bits per heavy atom. The zero-order valence-corrected chi connectivity index (χ0v) is 25.1. The minimum atomic E-state index is -1.09. The molecule has 0 bridgehead atoms. The number of fused-ring (bicyclic) bond motifs is 1. The molecule has 1 aliphatic rings. The van der Waals surface area contributed by atoms with Crippen molar-refractivity contribution in [2.45, 2.75) is 0 Å². The first kappa shape index (κ1) is 27.6. The fourth-order valence-electron chi connectivity index (χ4n) is 3.61. The summed E-state index contributed by atoms with van der Waals surface area (Å²) in [6, 6.07) is 10.8. The number of hydrogen-bond donors (Lipinski definition) is 0. The molecule has 0 atom stereocenters. The Hall–Kier alpha value is -2.45. The Kier molecular flexibility index (Phi) is 8.00. The summed E-state index contributed by atoms with van der Waals surface area (Å²) < 4.78 is 1.32.